The zero-order chi connectivity index (χ0) is 19.5. The maximum absolute atomic E-state index is 13.4. The summed E-state index contributed by atoms with van der Waals surface area (Å²) in [6, 6.07) is 22.5. The molecule has 0 saturated carbocycles. The van der Waals surface area contributed by atoms with Gasteiger partial charge >= 0.3 is 5.69 Å². The van der Waals surface area contributed by atoms with Crippen molar-refractivity contribution in [3.05, 3.63) is 106 Å². The van der Waals surface area contributed by atoms with Crippen molar-refractivity contribution in [3.63, 3.8) is 0 Å². The molecule has 0 amide bonds. The molecule has 138 valence electrons. The first kappa shape index (κ1) is 17.5. The van der Waals surface area contributed by atoms with E-state index in [0.29, 0.717) is 11.1 Å². The van der Waals surface area contributed by atoms with Gasteiger partial charge in [0.25, 0.3) is 0 Å². The van der Waals surface area contributed by atoms with Gasteiger partial charge in [-0.2, -0.15) is 0 Å². The molecule has 6 heteroatoms. The van der Waals surface area contributed by atoms with E-state index >= 15 is 0 Å². The van der Waals surface area contributed by atoms with Crippen LogP contribution in [-0.4, -0.2) is 15.7 Å². The van der Waals surface area contributed by atoms with E-state index in [1.807, 2.05) is 30.3 Å². The molecule has 4 rings (SSSR count). The standard InChI is InChI=1S/C22H16N2O4/c25-21(17-14-23-18-11-5-4-10-16(17)18)22(15-8-2-1-3-9-15)28-20-13-7-6-12-19(20)24(26)27/h1-14,22-23H/t22-/m0/s1. The minimum atomic E-state index is -1.01. The molecule has 0 spiro atoms. The van der Waals surface area contributed by atoms with E-state index in [9.17, 15) is 14.9 Å². The molecule has 1 aromatic heterocycles. The Morgan fingerprint density at radius 1 is 0.929 bits per heavy atom. The highest BCUT2D eigenvalue weighted by Crippen LogP contribution is 2.33. The summed E-state index contributed by atoms with van der Waals surface area (Å²) in [6.07, 6.45) is 0.632. The van der Waals surface area contributed by atoms with Gasteiger partial charge in [0, 0.05) is 34.3 Å². The number of fused-ring (bicyclic) bond motifs is 1. The summed E-state index contributed by atoms with van der Waals surface area (Å²) < 4.78 is 5.92. The molecule has 0 aliphatic rings. The summed E-state index contributed by atoms with van der Waals surface area (Å²) in [6.45, 7) is 0. The number of nitrogens with one attached hydrogen (secondary N) is 1. The number of aromatic amines is 1. The number of Topliss-reactive ketones (excluding diaryl/α,β-unsaturated/α-hetero) is 1. The van der Waals surface area contributed by atoms with Crippen LogP contribution in [-0.2, 0) is 0 Å². The fourth-order valence-electron chi connectivity index (χ4n) is 3.15. The Labute approximate surface area is 160 Å². The van der Waals surface area contributed by atoms with E-state index in [-0.39, 0.29) is 17.2 Å². The van der Waals surface area contributed by atoms with Gasteiger partial charge in [-0.25, -0.2) is 0 Å². The lowest BCUT2D eigenvalue weighted by atomic mass is 9.99. The molecule has 1 heterocycles. The van der Waals surface area contributed by atoms with Crippen LogP contribution in [0.25, 0.3) is 10.9 Å². The molecule has 0 saturated heterocycles. The van der Waals surface area contributed by atoms with Gasteiger partial charge < -0.3 is 9.72 Å². The number of ketones is 1. The molecule has 1 atom stereocenters. The van der Waals surface area contributed by atoms with Crippen molar-refractivity contribution in [3.8, 4) is 5.75 Å². The largest absolute Gasteiger partial charge is 0.470 e. The average Bonchev–Trinajstić information content (AvgIpc) is 3.16. The van der Waals surface area contributed by atoms with Crippen molar-refractivity contribution in [2.75, 3.05) is 0 Å². The zero-order valence-corrected chi connectivity index (χ0v) is 14.7. The quantitative estimate of drug-likeness (QED) is 0.291. The van der Waals surface area contributed by atoms with Gasteiger partial charge in [0.15, 0.2) is 11.9 Å². The number of carbonyl (C=O) groups is 1. The van der Waals surface area contributed by atoms with Gasteiger partial charge in [-0.3, -0.25) is 14.9 Å². The third-order valence-electron chi connectivity index (χ3n) is 4.50. The first-order chi connectivity index (χ1) is 13.6. The van der Waals surface area contributed by atoms with E-state index in [2.05, 4.69) is 4.98 Å². The van der Waals surface area contributed by atoms with Gasteiger partial charge in [0.1, 0.15) is 0 Å². The van der Waals surface area contributed by atoms with Gasteiger partial charge in [-0.15, -0.1) is 0 Å². The van der Waals surface area contributed by atoms with Crippen LogP contribution in [0.15, 0.2) is 85.1 Å². The third-order valence-corrected chi connectivity index (χ3v) is 4.50. The van der Waals surface area contributed by atoms with E-state index in [4.69, 9.17) is 4.74 Å². The molecule has 28 heavy (non-hydrogen) atoms. The Morgan fingerprint density at radius 2 is 1.61 bits per heavy atom. The number of carbonyl (C=O) groups excluding carboxylic acids is 1. The second kappa shape index (κ2) is 7.36. The lowest BCUT2D eigenvalue weighted by molar-refractivity contribution is -0.386. The number of benzene rings is 3. The molecule has 3 aromatic carbocycles. The molecule has 1 N–H and O–H groups in total. The van der Waals surface area contributed by atoms with Crippen LogP contribution in [0.4, 0.5) is 5.69 Å². The van der Waals surface area contributed by atoms with E-state index in [1.54, 1.807) is 42.6 Å². The fraction of sp³-hybridized carbons (Fsp3) is 0.0455. The molecule has 4 aromatic rings. The Bertz CT molecular complexity index is 1150. The van der Waals surface area contributed by atoms with Crippen molar-refractivity contribution in [1.82, 2.24) is 4.98 Å². The zero-order valence-electron chi connectivity index (χ0n) is 14.7. The van der Waals surface area contributed by atoms with Crippen LogP contribution in [0.2, 0.25) is 0 Å². The van der Waals surface area contributed by atoms with Gasteiger partial charge in [0.2, 0.25) is 5.78 Å². The summed E-state index contributed by atoms with van der Waals surface area (Å²) in [5, 5.41) is 12.1. The number of nitrogens with zero attached hydrogens (tertiary/aromatic N) is 1. The van der Waals surface area contributed by atoms with Crippen LogP contribution >= 0.6 is 0 Å². The summed E-state index contributed by atoms with van der Waals surface area (Å²) in [7, 11) is 0. The molecule has 0 aliphatic carbocycles. The number of rotatable bonds is 6. The normalized spacial score (nSPS) is 11.9. The predicted octanol–water partition coefficient (Wildman–Crippen LogP) is 5.08. The van der Waals surface area contributed by atoms with Crippen molar-refractivity contribution < 1.29 is 14.5 Å². The molecule has 6 nitrogen and oxygen atoms in total. The number of hydrogen-bond acceptors (Lipinski definition) is 4. The van der Waals surface area contributed by atoms with Gasteiger partial charge in [0.05, 0.1) is 4.92 Å². The molecule has 0 unspecified atom stereocenters. The van der Waals surface area contributed by atoms with Crippen LogP contribution in [0.3, 0.4) is 0 Å². The first-order valence-corrected chi connectivity index (χ1v) is 8.70. The molecular weight excluding hydrogens is 356 g/mol. The number of nitro groups is 1. The molecular formula is C22H16N2O4. The highest BCUT2D eigenvalue weighted by molar-refractivity contribution is 6.10. The van der Waals surface area contributed by atoms with Crippen molar-refractivity contribution in [2.45, 2.75) is 6.10 Å². The third kappa shape index (κ3) is 3.23. The summed E-state index contributed by atoms with van der Waals surface area (Å²) in [4.78, 5) is 27.3. The Balaban J connectivity index is 1.79. The predicted molar refractivity (Wildman–Crippen MR) is 106 cm³/mol. The molecule has 0 radical (unpaired) electrons. The lowest BCUT2D eigenvalue weighted by Gasteiger charge is -2.18. The van der Waals surface area contributed by atoms with E-state index in [0.717, 1.165) is 10.9 Å². The number of aromatic nitrogens is 1. The number of nitro benzene ring substituents is 1. The average molecular weight is 372 g/mol. The summed E-state index contributed by atoms with van der Waals surface area (Å²) in [5.74, 6) is -0.226. The number of H-pyrrole nitrogens is 1. The van der Waals surface area contributed by atoms with Crippen molar-refractivity contribution in [2.24, 2.45) is 0 Å². The Kier molecular flexibility index (Phi) is 4.60. The van der Waals surface area contributed by atoms with Gasteiger partial charge in [-0.1, -0.05) is 60.7 Å². The van der Waals surface area contributed by atoms with Crippen LogP contribution in [0.1, 0.15) is 22.0 Å². The highest BCUT2D eigenvalue weighted by Gasteiger charge is 2.28. The van der Waals surface area contributed by atoms with Crippen molar-refractivity contribution in [1.29, 1.82) is 0 Å². The summed E-state index contributed by atoms with van der Waals surface area (Å²) >= 11 is 0. The van der Waals surface area contributed by atoms with Crippen LogP contribution < -0.4 is 4.74 Å². The highest BCUT2D eigenvalue weighted by atomic mass is 16.6. The van der Waals surface area contributed by atoms with E-state index < -0.39 is 11.0 Å². The van der Waals surface area contributed by atoms with Gasteiger partial charge in [-0.05, 0) is 12.1 Å². The van der Waals surface area contributed by atoms with E-state index in [1.165, 1.54) is 12.1 Å². The summed E-state index contributed by atoms with van der Waals surface area (Å²) in [5.41, 5.74) is 1.75. The van der Waals surface area contributed by atoms with Crippen LogP contribution in [0.5, 0.6) is 5.75 Å². The SMILES string of the molecule is O=C(c1c[nH]c2ccccc12)[C@@H](Oc1ccccc1[N+](=O)[O-])c1ccccc1. The number of ether oxygens (including phenoxy) is 1. The molecule has 0 bridgehead atoms. The maximum Gasteiger partial charge on any atom is 0.310 e. The minimum absolute atomic E-state index is 0.0505. The van der Waals surface area contributed by atoms with Crippen molar-refractivity contribution >= 4 is 22.4 Å². The minimum Gasteiger partial charge on any atom is -0.470 e. The number of para-hydroxylation sites is 3. The Hall–Kier alpha value is -3.93. The smallest absolute Gasteiger partial charge is 0.310 e. The lowest BCUT2D eigenvalue weighted by Crippen LogP contribution is -2.19. The topological polar surface area (TPSA) is 85.2 Å². The molecule has 0 fully saturated rings. The van der Waals surface area contributed by atoms with Crippen LogP contribution in [0, 0.1) is 10.1 Å². The second-order valence-corrected chi connectivity index (χ2v) is 6.25. The first-order valence-electron chi connectivity index (χ1n) is 8.70. The maximum atomic E-state index is 13.4. The molecule has 0 aliphatic heterocycles. The Morgan fingerprint density at radius 3 is 2.39 bits per heavy atom. The fourth-order valence-corrected chi connectivity index (χ4v) is 3.15. The number of hydrogen-bond donors (Lipinski definition) is 1. The monoisotopic (exact) mass is 372 g/mol. The second-order valence-electron chi connectivity index (χ2n) is 6.25.